The Hall–Kier alpha value is -1.49. The number of hydrogen-bond donors (Lipinski definition) is 1. The lowest BCUT2D eigenvalue weighted by Crippen LogP contribution is -2.39. The van der Waals surface area contributed by atoms with E-state index < -0.39 is 0 Å². The van der Waals surface area contributed by atoms with Crippen molar-refractivity contribution < 1.29 is 4.79 Å². The molecule has 1 heterocycles. The topological polar surface area (TPSA) is 59.2 Å². The Kier molecular flexibility index (Phi) is 4.70. The van der Waals surface area contributed by atoms with Crippen LogP contribution in [0.5, 0.6) is 0 Å². The molecule has 1 aromatic heterocycles. The number of amides is 1. The number of carbonyl (C=O) groups is 1. The molecule has 0 bridgehead atoms. The SMILES string of the molecule is CC1CCC(N(C)C(=O)c2ccc(C(N)=S)cn2)CC1. The van der Waals surface area contributed by atoms with Crippen molar-refractivity contribution >= 4 is 23.1 Å². The first kappa shape index (κ1) is 14.9. The molecule has 1 saturated carbocycles. The van der Waals surface area contributed by atoms with Gasteiger partial charge in [-0.3, -0.25) is 9.78 Å². The minimum absolute atomic E-state index is 0.0287. The van der Waals surface area contributed by atoms with Gasteiger partial charge in [-0.05, 0) is 43.7 Å². The van der Waals surface area contributed by atoms with Crippen LogP contribution in [-0.4, -0.2) is 33.9 Å². The van der Waals surface area contributed by atoms with E-state index >= 15 is 0 Å². The van der Waals surface area contributed by atoms with Crippen LogP contribution in [0.2, 0.25) is 0 Å². The monoisotopic (exact) mass is 291 g/mol. The average Bonchev–Trinajstić information content (AvgIpc) is 2.46. The number of aromatic nitrogens is 1. The van der Waals surface area contributed by atoms with Gasteiger partial charge in [-0.15, -0.1) is 0 Å². The van der Waals surface area contributed by atoms with Crippen LogP contribution in [-0.2, 0) is 0 Å². The summed E-state index contributed by atoms with van der Waals surface area (Å²) < 4.78 is 0. The number of thiocarbonyl (C=S) groups is 1. The first-order chi connectivity index (χ1) is 9.49. The van der Waals surface area contributed by atoms with Crippen LogP contribution < -0.4 is 5.73 Å². The van der Waals surface area contributed by atoms with Crippen LogP contribution in [0.1, 0.15) is 48.7 Å². The zero-order valence-corrected chi connectivity index (χ0v) is 12.8. The number of carbonyl (C=O) groups excluding carboxylic acids is 1. The van der Waals surface area contributed by atoms with E-state index in [2.05, 4.69) is 11.9 Å². The minimum Gasteiger partial charge on any atom is -0.389 e. The standard InChI is InChI=1S/C15H21N3OS/c1-10-3-6-12(7-4-10)18(2)15(19)13-8-5-11(9-17-13)14(16)20/h5,8-10,12H,3-4,6-7H2,1-2H3,(H2,16,20). The number of rotatable bonds is 3. The third-order valence-electron chi connectivity index (χ3n) is 4.12. The maximum atomic E-state index is 12.4. The van der Waals surface area contributed by atoms with E-state index in [4.69, 9.17) is 18.0 Å². The summed E-state index contributed by atoms with van der Waals surface area (Å²) in [6.07, 6.45) is 6.10. The van der Waals surface area contributed by atoms with Gasteiger partial charge in [0.1, 0.15) is 10.7 Å². The lowest BCUT2D eigenvalue weighted by molar-refractivity contribution is 0.0673. The van der Waals surface area contributed by atoms with E-state index in [0.29, 0.717) is 22.3 Å². The van der Waals surface area contributed by atoms with Crippen molar-refractivity contribution in [3.63, 3.8) is 0 Å². The van der Waals surface area contributed by atoms with E-state index in [1.54, 1.807) is 18.3 Å². The van der Waals surface area contributed by atoms with E-state index in [1.807, 2.05) is 11.9 Å². The molecule has 0 radical (unpaired) electrons. The molecule has 108 valence electrons. The summed E-state index contributed by atoms with van der Waals surface area (Å²) in [5.74, 6) is 0.747. The van der Waals surface area contributed by atoms with Crippen LogP contribution in [0.25, 0.3) is 0 Å². The third kappa shape index (κ3) is 3.33. The average molecular weight is 291 g/mol. The molecule has 4 nitrogen and oxygen atoms in total. The zero-order valence-electron chi connectivity index (χ0n) is 12.0. The summed E-state index contributed by atoms with van der Waals surface area (Å²) in [6, 6.07) is 3.77. The molecule has 0 atom stereocenters. The van der Waals surface area contributed by atoms with Gasteiger partial charge in [0.25, 0.3) is 5.91 Å². The molecular weight excluding hydrogens is 270 g/mol. The van der Waals surface area contributed by atoms with E-state index in [-0.39, 0.29) is 5.91 Å². The second-order valence-electron chi connectivity index (χ2n) is 5.63. The van der Waals surface area contributed by atoms with Gasteiger partial charge in [0.05, 0.1) is 0 Å². The maximum Gasteiger partial charge on any atom is 0.272 e. The van der Waals surface area contributed by atoms with E-state index in [9.17, 15) is 4.79 Å². The van der Waals surface area contributed by atoms with E-state index in [1.165, 1.54) is 12.8 Å². The van der Waals surface area contributed by atoms with Crippen LogP contribution in [0.15, 0.2) is 18.3 Å². The normalized spacial score (nSPS) is 22.3. The van der Waals surface area contributed by atoms with Crippen molar-refractivity contribution in [1.82, 2.24) is 9.88 Å². The van der Waals surface area contributed by atoms with Gasteiger partial charge in [0.2, 0.25) is 0 Å². The molecular formula is C15H21N3OS. The first-order valence-electron chi connectivity index (χ1n) is 7.02. The highest BCUT2D eigenvalue weighted by Crippen LogP contribution is 2.27. The Morgan fingerprint density at radius 1 is 1.35 bits per heavy atom. The number of hydrogen-bond acceptors (Lipinski definition) is 3. The molecule has 20 heavy (non-hydrogen) atoms. The summed E-state index contributed by atoms with van der Waals surface area (Å²) in [5.41, 5.74) is 6.66. The quantitative estimate of drug-likeness (QED) is 0.869. The third-order valence-corrected chi connectivity index (χ3v) is 4.36. The fourth-order valence-corrected chi connectivity index (χ4v) is 2.76. The molecule has 0 unspecified atom stereocenters. The summed E-state index contributed by atoms with van der Waals surface area (Å²) in [7, 11) is 1.87. The Morgan fingerprint density at radius 3 is 2.50 bits per heavy atom. The predicted octanol–water partition coefficient (Wildman–Crippen LogP) is 2.37. The minimum atomic E-state index is -0.0287. The van der Waals surface area contributed by atoms with Gasteiger partial charge < -0.3 is 10.6 Å². The lowest BCUT2D eigenvalue weighted by atomic mass is 9.86. The van der Waals surface area contributed by atoms with Crippen LogP contribution in [0.4, 0.5) is 0 Å². The molecule has 1 aliphatic rings. The van der Waals surface area contributed by atoms with Gasteiger partial charge in [-0.2, -0.15) is 0 Å². The molecule has 1 aliphatic carbocycles. The van der Waals surface area contributed by atoms with Gasteiger partial charge >= 0.3 is 0 Å². The predicted molar refractivity (Wildman–Crippen MR) is 83.6 cm³/mol. The second-order valence-corrected chi connectivity index (χ2v) is 6.07. The molecule has 2 rings (SSSR count). The molecule has 1 aromatic rings. The Balaban J connectivity index is 2.04. The summed E-state index contributed by atoms with van der Waals surface area (Å²) in [5, 5.41) is 0. The van der Waals surface area contributed by atoms with Gasteiger partial charge in [0, 0.05) is 24.8 Å². The summed E-state index contributed by atoms with van der Waals surface area (Å²) >= 11 is 4.88. The van der Waals surface area contributed by atoms with Crippen LogP contribution in [0, 0.1) is 5.92 Å². The largest absolute Gasteiger partial charge is 0.389 e. The van der Waals surface area contributed by atoms with Crippen molar-refractivity contribution in [3.05, 3.63) is 29.6 Å². The van der Waals surface area contributed by atoms with E-state index in [0.717, 1.165) is 18.8 Å². The van der Waals surface area contributed by atoms with Crippen molar-refractivity contribution in [2.24, 2.45) is 11.7 Å². The number of nitrogens with two attached hydrogens (primary N) is 1. The van der Waals surface area contributed by atoms with Crippen LogP contribution in [0.3, 0.4) is 0 Å². The highest BCUT2D eigenvalue weighted by atomic mass is 32.1. The second kappa shape index (κ2) is 6.31. The van der Waals surface area contributed by atoms with Gasteiger partial charge in [0.15, 0.2) is 0 Å². The molecule has 0 spiro atoms. The molecule has 0 saturated heterocycles. The number of nitrogens with zero attached hydrogens (tertiary/aromatic N) is 2. The fourth-order valence-electron chi connectivity index (χ4n) is 2.64. The molecule has 0 aliphatic heterocycles. The molecule has 0 aromatic carbocycles. The number of pyridine rings is 1. The van der Waals surface area contributed by atoms with Gasteiger partial charge in [-0.1, -0.05) is 19.1 Å². The van der Waals surface area contributed by atoms with Crippen molar-refractivity contribution in [2.45, 2.75) is 38.6 Å². The van der Waals surface area contributed by atoms with Crippen molar-refractivity contribution in [3.8, 4) is 0 Å². The highest BCUT2D eigenvalue weighted by molar-refractivity contribution is 7.80. The maximum absolute atomic E-state index is 12.4. The van der Waals surface area contributed by atoms with Crippen molar-refractivity contribution in [1.29, 1.82) is 0 Å². The smallest absolute Gasteiger partial charge is 0.272 e. The molecule has 1 amide bonds. The Morgan fingerprint density at radius 2 is 2.00 bits per heavy atom. The van der Waals surface area contributed by atoms with Crippen LogP contribution >= 0.6 is 12.2 Å². The van der Waals surface area contributed by atoms with Crippen molar-refractivity contribution in [2.75, 3.05) is 7.05 Å². The lowest BCUT2D eigenvalue weighted by Gasteiger charge is -2.33. The Bertz CT molecular complexity index is 492. The van der Waals surface area contributed by atoms with Gasteiger partial charge in [-0.25, -0.2) is 0 Å². The zero-order chi connectivity index (χ0) is 14.7. The molecule has 5 heteroatoms. The fraction of sp³-hybridized carbons (Fsp3) is 0.533. The highest BCUT2D eigenvalue weighted by Gasteiger charge is 2.25. The molecule has 1 fully saturated rings. The summed E-state index contributed by atoms with van der Waals surface area (Å²) in [4.78, 5) is 18.7. The molecule has 2 N–H and O–H groups in total. The Labute approximate surface area is 125 Å². The summed E-state index contributed by atoms with van der Waals surface area (Å²) in [6.45, 7) is 2.27. The first-order valence-corrected chi connectivity index (χ1v) is 7.43.